The highest BCUT2D eigenvalue weighted by Crippen LogP contribution is 2.17. The molecule has 6 heteroatoms. The first-order chi connectivity index (χ1) is 8.25. The van der Waals surface area contributed by atoms with Gasteiger partial charge in [0.05, 0.1) is 5.38 Å². The molecule has 0 saturated carbocycles. The zero-order valence-corrected chi connectivity index (χ0v) is 10.3. The summed E-state index contributed by atoms with van der Waals surface area (Å²) in [4.78, 5) is 7.15. The van der Waals surface area contributed by atoms with Crippen molar-refractivity contribution in [2.24, 2.45) is 7.05 Å². The van der Waals surface area contributed by atoms with Crippen LogP contribution in [0.15, 0.2) is 29.6 Å². The predicted molar refractivity (Wildman–Crippen MR) is 63.8 cm³/mol. The molecule has 0 amide bonds. The van der Waals surface area contributed by atoms with Gasteiger partial charge in [-0.15, -0.1) is 5.10 Å². The van der Waals surface area contributed by atoms with Crippen LogP contribution in [0.4, 0.5) is 0 Å². The lowest BCUT2D eigenvalue weighted by atomic mass is 10.3. The fourth-order valence-corrected chi connectivity index (χ4v) is 2.35. The fourth-order valence-electron chi connectivity index (χ4n) is 1.51. The van der Waals surface area contributed by atoms with E-state index in [1.807, 2.05) is 48.2 Å². The van der Waals surface area contributed by atoms with Crippen molar-refractivity contribution in [3.63, 3.8) is 0 Å². The summed E-state index contributed by atoms with van der Waals surface area (Å²) in [5.41, 5.74) is 2.83. The summed E-state index contributed by atoms with van der Waals surface area (Å²) < 4.78 is 1.97. The van der Waals surface area contributed by atoms with Gasteiger partial charge in [-0.25, -0.2) is 0 Å². The summed E-state index contributed by atoms with van der Waals surface area (Å²) in [5.74, 6) is 0. The smallest absolute Gasteiger partial charge is 0.283 e. The largest absolute Gasteiger partial charge is 0.456 e. The maximum Gasteiger partial charge on any atom is 0.456 e. The maximum absolute atomic E-state index is 5.71. The molecule has 0 spiro atoms. The lowest BCUT2D eigenvalue weighted by Crippen LogP contribution is -2.31. The molecule has 5 nitrogen and oxygen atoms in total. The van der Waals surface area contributed by atoms with Crippen LogP contribution in [0.1, 0.15) is 5.69 Å². The van der Waals surface area contributed by atoms with E-state index in [1.165, 1.54) is 16.2 Å². The van der Waals surface area contributed by atoms with Crippen LogP contribution in [0.25, 0.3) is 11.0 Å². The summed E-state index contributed by atoms with van der Waals surface area (Å²) >= 11 is 1.54. The van der Waals surface area contributed by atoms with E-state index in [2.05, 4.69) is 10.3 Å². The summed E-state index contributed by atoms with van der Waals surface area (Å²) in [5, 5.41) is 10.8. The van der Waals surface area contributed by atoms with Crippen LogP contribution in [-0.4, -0.2) is 15.2 Å². The van der Waals surface area contributed by atoms with E-state index >= 15 is 0 Å². The molecule has 0 unspecified atom stereocenters. The standard InChI is InChI=1S/C11H11N4OS/c1-8-7-17-11(14(8)2)16-15-10-6-4-3-5-9(10)12-13-15/h3-7H,1-2H3/q+1. The minimum atomic E-state index is 0.776. The predicted octanol–water partition coefficient (Wildman–Crippen LogP) is 1.47. The van der Waals surface area contributed by atoms with Crippen LogP contribution < -0.4 is 9.40 Å². The molecule has 0 saturated heterocycles. The number of rotatable bonds is 2. The second-order valence-electron chi connectivity index (χ2n) is 3.74. The summed E-state index contributed by atoms with van der Waals surface area (Å²) in [6, 6.07) is 7.69. The number of benzene rings is 1. The van der Waals surface area contributed by atoms with Crippen LogP contribution in [0, 0.1) is 6.92 Å². The Morgan fingerprint density at radius 2 is 2.18 bits per heavy atom. The van der Waals surface area contributed by atoms with Gasteiger partial charge >= 0.3 is 5.19 Å². The Kier molecular flexibility index (Phi) is 2.29. The highest BCUT2D eigenvalue weighted by atomic mass is 32.1. The van der Waals surface area contributed by atoms with Gasteiger partial charge in [0.2, 0.25) is 0 Å². The van der Waals surface area contributed by atoms with Crippen LogP contribution in [0.5, 0.6) is 5.19 Å². The van der Waals surface area contributed by atoms with E-state index in [0.29, 0.717) is 0 Å². The summed E-state index contributed by atoms with van der Waals surface area (Å²) in [6.07, 6.45) is 0. The number of para-hydroxylation sites is 1. The molecule has 1 aromatic carbocycles. The molecular weight excluding hydrogens is 236 g/mol. The Morgan fingerprint density at radius 3 is 2.94 bits per heavy atom. The van der Waals surface area contributed by atoms with E-state index in [9.17, 15) is 0 Å². The Morgan fingerprint density at radius 1 is 1.35 bits per heavy atom. The molecule has 0 atom stereocenters. The zero-order chi connectivity index (χ0) is 11.8. The van der Waals surface area contributed by atoms with Crippen molar-refractivity contribution in [2.45, 2.75) is 6.92 Å². The molecular formula is C11H11N4OS+. The number of hydrogen-bond donors (Lipinski definition) is 0. The van der Waals surface area contributed by atoms with Crippen molar-refractivity contribution >= 4 is 22.4 Å². The third-order valence-corrected chi connectivity index (χ3v) is 3.63. The molecule has 0 aliphatic heterocycles. The van der Waals surface area contributed by atoms with Gasteiger partial charge in [-0.1, -0.05) is 17.0 Å². The molecule has 0 bridgehead atoms. The van der Waals surface area contributed by atoms with Crippen LogP contribution >= 0.6 is 11.3 Å². The van der Waals surface area contributed by atoms with E-state index in [-0.39, 0.29) is 0 Å². The van der Waals surface area contributed by atoms with Gasteiger partial charge < -0.3 is 0 Å². The quantitative estimate of drug-likeness (QED) is 0.644. The monoisotopic (exact) mass is 247 g/mol. The molecule has 0 aliphatic rings. The molecule has 2 aromatic heterocycles. The van der Waals surface area contributed by atoms with Crippen molar-refractivity contribution < 1.29 is 9.40 Å². The minimum Gasteiger partial charge on any atom is -0.283 e. The lowest BCUT2D eigenvalue weighted by molar-refractivity contribution is -0.679. The minimum absolute atomic E-state index is 0.776. The van der Waals surface area contributed by atoms with Gasteiger partial charge in [0, 0.05) is 6.92 Å². The normalized spacial score (nSPS) is 10.9. The van der Waals surface area contributed by atoms with Gasteiger partial charge in [-0.05, 0) is 28.7 Å². The number of fused-ring (bicyclic) bond motifs is 1. The molecule has 3 aromatic rings. The number of hydrogen-bond acceptors (Lipinski definition) is 4. The van der Waals surface area contributed by atoms with Crippen molar-refractivity contribution in [3.05, 3.63) is 35.3 Å². The van der Waals surface area contributed by atoms with Crippen molar-refractivity contribution in [1.82, 2.24) is 15.2 Å². The first-order valence-corrected chi connectivity index (χ1v) is 6.06. The Balaban J connectivity index is 2.03. The van der Waals surface area contributed by atoms with Gasteiger partial charge in [-0.2, -0.15) is 4.57 Å². The second kappa shape index (κ2) is 3.81. The SMILES string of the molecule is Cc1csc(On2nnc3ccccc32)[n+]1C. The van der Waals surface area contributed by atoms with E-state index < -0.39 is 0 Å². The van der Waals surface area contributed by atoms with Crippen LogP contribution in [-0.2, 0) is 7.05 Å². The maximum atomic E-state index is 5.71. The molecule has 0 fully saturated rings. The third-order valence-electron chi connectivity index (χ3n) is 2.62. The fraction of sp³-hybridized carbons (Fsp3) is 0.182. The molecule has 3 rings (SSSR count). The van der Waals surface area contributed by atoms with Crippen LogP contribution in [0.2, 0.25) is 0 Å². The van der Waals surface area contributed by atoms with Crippen molar-refractivity contribution in [1.29, 1.82) is 0 Å². The third kappa shape index (κ3) is 1.66. The topological polar surface area (TPSA) is 43.8 Å². The van der Waals surface area contributed by atoms with Crippen molar-refractivity contribution in [3.8, 4) is 5.19 Å². The average Bonchev–Trinajstić information content (AvgIpc) is 2.89. The first kappa shape index (κ1) is 10.2. The summed E-state index contributed by atoms with van der Waals surface area (Å²) in [7, 11) is 1.96. The lowest BCUT2D eigenvalue weighted by Gasteiger charge is -1.98. The Labute approximate surface area is 102 Å². The average molecular weight is 247 g/mol. The van der Waals surface area contributed by atoms with E-state index in [1.54, 1.807) is 0 Å². The van der Waals surface area contributed by atoms with Crippen molar-refractivity contribution in [2.75, 3.05) is 0 Å². The highest BCUT2D eigenvalue weighted by molar-refractivity contribution is 7.11. The molecule has 17 heavy (non-hydrogen) atoms. The van der Waals surface area contributed by atoms with Gasteiger partial charge in [0.25, 0.3) is 0 Å². The highest BCUT2D eigenvalue weighted by Gasteiger charge is 2.17. The Bertz CT molecular complexity index is 673. The molecule has 0 N–H and O–H groups in total. The number of aryl methyl sites for hydroxylation is 1. The van der Waals surface area contributed by atoms with Gasteiger partial charge in [0.1, 0.15) is 18.1 Å². The second-order valence-corrected chi connectivity index (χ2v) is 4.57. The van der Waals surface area contributed by atoms with E-state index in [0.717, 1.165) is 21.9 Å². The zero-order valence-electron chi connectivity index (χ0n) is 9.49. The number of nitrogens with zero attached hydrogens (tertiary/aromatic N) is 4. The first-order valence-electron chi connectivity index (χ1n) is 5.18. The number of thiazole rings is 1. The Hall–Kier alpha value is -1.95. The number of aromatic nitrogens is 4. The van der Waals surface area contributed by atoms with E-state index in [4.69, 9.17) is 4.84 Å². The molecule has 2 heterocycles. The van der Waals surface area contributed by atoms with Gasteiger partial charge in [0.15, 0.2) is 5.69 Å². The summed E-state index contributed by atoms with van der Waals surface area (Å²) in [6.45, 7) is 2.03. The molecule has 86 valence electrons. The molecule has 0 radical (unpaired) electrons. The van der Waals surface area contributed by atoms with Gasteiger partial charge in [-0.3, -0.25) is 4.84 Å². The van der Waals surface area contributed by atoms with Crippen LogP contribution in [0.3, 0.4) is 0 Å². The molecule has 0 aliphatic carbocycles.